The maximum absolute atomic E-state index is 12.7. The molecule has 2 N–H and O–H groups in total. The Morgan fingerprint density at radius 3 is 2.52 bits per heavy atom. The van der Waals surface area contributed by atoms with E-state index in [0.717, 1.165) is 12.0 Å². The number of imidazole rings is 1. The van der Waals surface area contributed by atoms with E-state index in [4.69, 9.17) is 0 Å². The first-order valence-electron chi connectivity index (χ1n) is 9.09. The van der Waals surface area contributed by atoms with Crippen LogP contribution >= 0.6 is 0 Å². The number of hydrogen-bond acceptors (Lipinski definition) is 3. The van der Waals surface area contributed by atoms with Crippen molar-refractivity contribution >= 4 is 23.0 Å². The summed E-state index contributed by atoms with van der Waals surface area (Å²) < 4.78 is 1.65. The number of aromatic nitrogens is 2. The van der Waals surface area contributed by atoms with Crippen LogP contribution in [0.2, 0.25) is 0 Å². The highest BCUT2D eigenvalue weighted by Crippen LogP contribution is 2.16. The van der Waals surface area contributed by atoms with Crippen LogP contribution in [0, 0.1) is 12.8 Å². The summed E-state index contributed by atoms with van der Waals surface area (Å²) in [5, 5.41) is 5.72. The molecule has 0 bridgehead atoms. The van der Waals surface area contributed by atoms with Crippen molar-refractivity contribution in [3.05, 3.63) is 65.7 Å². The number of pyridine rings is 1. The van der Waals surface area contributed by atoms with Crippen molar-refractivity contribution in [2.45, 2.75) is 27.2 Å². The summed E-state index contributed by atoms with van der Waals surface area (Å²) in [5.74, 6) is 0.0802. The van der Waals surface area contributed by atoms with Gasteiger partial charge in [-0.1, -0.05) is 37.6 Å². The van der Waals surface area contributed by atoms with Gasteiger partial charge in [-0.25, -0.2) is 4.98 Å². The van der Waals surface area contributed by atoms with Gasteiger partial charge in [0.1, 0.15) is 0 Å². The number of nitrogens with zero attached hydrogens (tertiary/aromatic N) is 2. The summed E-state index contributed by atoms with van der Waals surface area (Å²) >= 11 is 0. The molecular weight excluding hydrogens is 340 g/mol. The zero-order valence-electron chi connectivity index (χ0n) is 15.8. The molecule has 2 aromatic heterocycles. The molecule has 0 spiro atoms. The van der Waals surface area contributed by atoms with Crippen molar-refractivity contribution in [1.82, 2.24) is 14.7 Å². The number of rotatable bonds is 6. The first-order valence-corrected chi connectivity index (χ1v) is 9.09. The Hall–Kier alpha value is -3.15. The monoisotopic (exact) mass is 364 g/mol. The van der Waals surface area contributed by atoms with Crippen LogP contribution < -0.4 is 10.6 Å². The fourth-order valence-electron chi connectivity index (χ4n) is 2.75. The van der Waals surface area contributed by atoms with E-state index in [1.165, 1.54) is 0 Å². The molecule has 0 fully saturated rings. The van der Waals surface area contributed by atoms with Crippen molar-refractivity contribution < 1.29 is 9.59 Å². The molecule has 2 amide bonds. The third-order valence-electron chi connectivity index (χ3n) is 4.28. The second-order valence-corrected chi connectivity index (χ2v) is 7.00. The SMILES string of the molecule is Cc1ccc(NC(=O)c2nc(C(=O)NCCC(C)C)n3ccccc23)cc1. The maximum atomic E-state index is 12.7. The summed E-state index contributed by atoms with van der Waals surface area (Å²) in [6, 6.07) is 12.9. The number of fused-ring (bicyclic) bond motifs is 1. The van der Waals surface area contributed by atoms with Crippen molar-refractivity contribution in [3.8, 4) is 0 Å². The number of benzene rings is 1. The summed E-state index contributed by atoms with van der Waals surface area (Å²) in [4.78, 5) is 29.6. The average molecular weight is 364 g/mol. The van der Waals surface area contributed by atoms with Gasteiger partial charge in [-0.05, 0) is 43.5 Å². The lowest BCUT2D eigenvalue weighted by molar-refractivity contribution is 0.0941. The largest absolute Gasteiger partial charge is 0.349 e. The fraction of sp³-hybridized carbons (Fsp3) is 0.286. The topological polar surface area (TPSA) is 75.5 Å². The number of amides is 2. The number of carbonyl (C=O) groups is 2. The van der Waals surface area contributed by atoms with Crippen molar-refractivity contribution in [1.29, 1.82) is 0 Å². The molecule has 2 heterocycles. The molecule has 0 aliphatic rings. The molecule has 0 radical (unpaired) electrons. The maximum Gasteiger partial charge on any atom is 0.287 e. The first kappa shape index (κ1) is 18.6. The van der Waals surface area contributed by atoms with E-state index in [2.05, 4.69) is 29.5 Å². The summed E-state index contributed by atoms with van der Waals surface area (Å²) in [6.45, 7) is 6.76. The van der Waals surface area contributed by atoms with Crippen LogP contribution in [0.5, 0.6) is 0 Å². The molecule has 27 heavy (non-hydrogen) atoms. The Kier molecular flexibility index (Phi) is 5.54. The smallest absolute Gasteiger partial charge is 0.287 e. The lowest BCUT2D eigenvalue weighted by Crippen LogP contribution is -2.27. The normalized spacial score (nSPS) is 11.0. The summed E-state index contributed by atoms with van der Waals surface area (Å²) in [6.07, 6.45) is 2.62. The Balaban J connectivity index is 1.86. The standard InChI is InChI=1S/C21H24N4O2/c1-14(2)11-12-22-21(27)19-24-18(17-6-4-5-13-25(17)19)20(26)23-16-9-7-15(3)8-10-16/h4-10,13-14H,11-12H2,1-3H3,(H,22,27)(H,23,26). The van der Waals surface area contributed by atoms with Crippen molar-refractivity contribution in [2.75, 3.05) is 11.9 Å². The highest BCUT2D eigenvalue weighted by atomic mass is 16.2. The van der Waals surface area contributed by atoms with Crippen LogP contribution in [-0.2, 0) is 0 Å². The second-order valence-electron chi connectivity index (χ2n) is 7.00. The minimum absolute atomic E-state index is 0.211. The first-order chi connectivity index (χ1) is 13.0. The molecule has 0 saturated carbocycles. The molecule has 6 heteroatoms. The number of hydrogen-bond donors (Lipinski definition) is 2. The van der Waals surface area contributed by atoms with Gasteiger partial charge in [0.25, 0.3) is 11.8 Å². The third-order valence-corrected chi connectivity index (χ3v) is 4.28. The molecule has 3 aromatic rings. The number of nitrogens with one attached hydrogen (secondary N) is 2. The Bertz CT molecular complexity index is 958. The van der Waals surface area contributed by atoms with Gasteiger partial charge in [0.05, 0.1) is 5.52 Å². The zero-order chi connectivity index (χ0) is 19.4. The van der Waals surface area contributed by atoms with E-state index in [9.17, 15) is 9.59 Å². The van der Waals surface area contributed by atoms with Crippen LogP contribution in [0.25, 0.3) is 5.52 Å². The van der Waals surface area contributed by atoms with Gasteiger partial charge in [0.15, 0.2) is 5.69 Å². The van der Waals surface area contributed by atoms with Crippen LogP contribution in [0.4, 0.5) is 5.69 Å². The van der Waals surface area contributed by atoms with E-state index < -0.39 is 0 Å². The van der Waals surface area contributed by atoms with Gasteiger partial charge in [0.2, 0.25) is 5.82 Å². The van der Waals surface area contributed by atoms with E-state index in [-0.39, 0.29) is 23.3 Å². The number of carbonyl (C=O) groups excluding carboxylic acids is 2. The molecular formula is C21H24N4O2. The van der Waals surface area contributed by atoms with Gasteiger partial charge in [0, 0.05) is 18.4 Å². The van der Waals surface area contributed by atoms with E-state index in [0.29, 0.717) is 23.7 Å². The molecule has 0 unspecified atom stereocenters. The fourth-order valence-corrected chi connectivity index (χ4v) is 2.75. The number of anilines is 1. The van der Waals surface area contributed by atoms with Crippen molar-refractivity contribution in [2.24, 2.45) is 5.92 Å². The van der Waals surface area contributed by atoms with E-state index in [1.54, 1.807) is 22.7 Å². The quantitative estimate of drug-likeness (QED) is 0.701. The minimum Gasteiger partial charge on any atom is -0.349 e. The molecule has 140 valence electrons. The highest BCUT2D eigenvalue weighted by Gasteiger charge is 2.21. The number of aryl methyl sites for hydroxylation is 1. The average Bonchev–Trinajstić information content (AvgIpc) is 3.03. The lowest BCUT2D eigenvalue weighted by atomic mass is 10.1. The Morgan fingerprint density at radius 1 is 1.07 bits per heavy atom. The molecule has 3 rings (SSSR count). The summed E-state index contributed by atoms with van der Waals surface area (Å²) in [5.41, 5.74) is 2.62. The van der Waals surface area contributed by atoms with Crippen LogP contribution in [-0.4, -0.2) is 27.7 Å². The minimum atomic E-state index is -0.344. The molecule has 6 nitrogen and oxygen atoms in total. The lowest BCUT2D eigenvalue weighted by Gasteiger charge is -2.06. The Labute approximate surface area is 158 Å². The Morgan fingerprint density at radius 2 is 1.81 bits per heavy atom. The van der Waals surface area contributed by atoms with E-state index >= 15 is 0 Å². The highest BCUT2D eigenvalue weighted by molar-refractivity contribution is 6.08. The van der Waals surface area contributed by atoms with Gasteiger partial charge in [-0.2, -0.15) is 0 Å². The molecule has 1 aromatic carbocycles. The van der Waals surface area contributed by atoms with Crippen molar-refractivity contribution in [3.63, 3.8) is 0 Å². The summed E-state index contributed by atoms with van der Waals surface area (Å²) in [7, 11) is 0. The zero-order valence-corrected chi connectivity index (χ0v) is 15.8. The third kappa shape index (κ3) is 4.34. The molecule has 0 atom stereocenters. The second kappa shape index (κ2) is 8.03. The van der Waals surface area contributed by atoms with Gasteiger partial charge >= 0.3 is 0 Å². The van der Waals surface area contributed by atoms with Crippen LogP contribution in [0.3, 0.4) is 0 Å². The molecule has 0 aliphatic heterocycles. The van der Waals surface area contributed by atoms with E-state index in [1.807, 2.05) is 37.3 Å². The molecule has 0 aliphatic carbocycles. The molecule has 0 saturated heterocycles. The van der Waals surface area contributed by atoms with Gasteiger partial charge < -0.3 is 10.6 Å². The van der Waals surface area contributed by atoms with Crippen LogP contribution in [0.1, 0.15) is 46.9 Å². The predicted octanol–water partition coefficient (Wildman–Crippen LogP) is 3.67. The van der Waals surface area contributed by atoms with Gasteiger partial charge in [-0.3, -0.25) is 14.0 Å². The van der Waals surface area contributed by atoms with Gasteiger partial charge in [-0.15, -0.1) is 0 Å². The predicted molar refractivity (Wildman–Crippen MR) is 106 cm³/mol. The van der Waals surface area contributed by atoms with Crippen LogP contribution in [0.15, 0.2) is 48.7 Å².